The summed E-state index contributed by atoms with van der Waals surface area (Å²) in [5, 5.41) is 20.5. The number of fused-ring (bicyclic) bond motifs is 2. The SMILES string of the molecule is C=CCCC(=O)NC[C@@H](C)OC(=O)[C@@H]1[C@H]2C(=O)N(CCCCCO)[C@H](C(=O)N(CC=C)Cn3nnc4ccccc43)[C@]23CC[C@H]1O3. The van der Waals surface area contributed by atoms with E-state index in [-0.39, 0.29) is 50.6 Å². The van der Waals surface area contributed by atoms with E-state index in [0.29, 0.717) is 50.5 Å². The Labute approximate surface area is 268 Å². The number of amides is 3. The summed E-state index contributed by atoms with van der Waals surface area (Å²) in [6.07, 6.45) is 5.72. The van der Waals surface area contributed by atoms with Gasteiger partial charge in [0.1, 0.15) is 29.9 Å². The van der Waals surface area contributed by atoms with Crippen molar-refractivity contribution in [1.82, 2.24) is 30.1 Å². The standard InChI is InChI=1S/C33H44N6O7/c1-4-6-14-26(41)34-20-22(3)45-32(44)27-25-15-16-33(46-25)28(27)30(42)38(18-10-7-11-19-40)29(33)31(43)37(17-5-2)21-39-24-13-9-8-12-23(24)35-36-39/h4-5,8-9,12-13,22,25,27-29,40H,1-2,6-7,10-11,14-21H2,3H3,(H,34,41)/t22-,25-,27+,28+,29-,33+/m1/s1. The lowest BCUT2D eigenvalue weighted by molar-refractivity contribution is -0.159. The summed E-state index contributed by atoms with van der Waals surface area (Å²) in [6, 6.07) is 6.49. The smallest absolute Gasteiger partial charge is 0.312 e. The van der Waals surface area contributed by atoms with Gasteiger partial charge in [-0.25, -0.2) is 4.68 Å². The van der Waals surface area contributed by atoms with Gasteiger partial charge in [-0.3, -0.25) is 19.2 Å². The first-order chi connectivity index (χ1) is 22.2. The molecule has 13 nitrogen and oxygen atoms in total. The third kappa shape index (κ3) is 6.43. The molecule has 1 aromatic heterocycles. The van der Waals surface area contributed by atoms with Crippen LogP contribution in [0.3, 0.4) is 0 Å². The number of hydrogen-bond donors (Lipinski definition) is 2. The number of aliphatic hydroxyl groups is 1. The number of carbonyl (C=O) groups is 4. The lowest BCUT2D eigenvalue weighted by atomic mass is 9.70. The van der Waals surface area contributed by atoms with Crippen LogP contribution in [0.15, 0.2) is 49.6 Å². The molecule has 0 saturated carbocycles. The van der Waals surface area contributed by atoms with Crippen LogP contribution in [-0.2, 0) is 35.3 Å². The Morgan fingerprint density at radius 2 is 2.04 bits per heavy atom. The molecule has 3 aliphatic heterocycles. The summed E-state index contributed by atoms with van der Waals surface area (Å²) in [4.78, 5) is 57.7. The van der Waals surface area contributed by atoms with Gasteiger partial charge in [0.05, 0.1) is 30.0 Å². The number of unbranched alkanes of at least 4 members (excludes halogenated alkanes) is 2. The second kappa shape index (κ2) is 14.5. The van der Waals surface area contributed by atoms with Crippen LogP contribution < -0.4 is 5.32 Å². The van der Waals surface area contributed by atoms with Crippen molar-refractivity contribution >= 4 is 34.7 Å². The minimum absolute atomic E-state index is 0.0352. The van der Waals surface area contributed by atoms with Crippen molar-refractivity contribution in [3.05, 3.63) is 49.6 Å². The average Bonchev–Trinajstić information content (AvgIpc) is 3.80. The molecule has 3 aliphatic rings. The van der Waals surface area contributed by atoms with Gasteiger partial charge >= 0.3 is 5.97 Å². The van der Waals surface area contributed by atoms with Gasteiger partial charge in [0.15, 0.2) is 0 Å². The van der Waals surface area contributed by atoms with Crippen LogP contribution in [0.1, 0.15) is 51.9 Å². The number of benzene rings is 1. The van der Waals surface area contributed by atoms with Crippen LogP contribution in [0, 0.1) is 11.8 Å². The van der Waals surface area contributed by atoms with Crippen LogP contribution >= 0.6 is 0 Å². The Bertz CT molecular complexity index is 1460. The van der Waals surface area contributed by atoms with Gasteiger partial charge in [0.25, 0.3) is 0 Å². The molecule has 0 radical (unpaired) electrons. The van der Waals surface area contributed by atoms with Gasteiger partial charge in [-0.15, -0.1) is 18.3 Å². The van der Waals surface area contributed by atoms with Crippen molar-refractivity contribution < 1.29 is 33.8 Å². The number of ether oxygens (including phenoxy) is 2. The molecule has 1 aromatic carbocycles. The van der Waals surface area contributed by atoms with E-state index < -0.39 is 41.7 Å². The number of nitrogens with zero attached hydrogens (tertiary/aromatic N) is 5. The second-order valence-electron chi connectivity index (χ2n) is 12.3. The number of nitrogens with one attached hydrogen (secondary N) is 1. The van der Waals surface area contributed by atoms with Crippen LogP contribution in [-0.4, -0.2) is 104 Å². The highest BCUT2D eigenvalue weighted by Gasteiger charge is 2.75. The number of rotatable bonds is 17. The largest absolute Gasteiger partial charge is 0.460 e. The molecule has 248 valence electrons. The molecule has 2 bridgehead atoms. The van der Waals surface area contributed by atoms with Crippen LogP contribution in [0.2, 0.25) is 0 Å². The minimum atomic E-state index is -1.19. The summed E-state index contributed by atoms with van der Waals surface area (Å²) in [5.41, 5.74) is 0.264. The van der Waals surface area contributed by atoms with Crippen LogP contribution in [0.4, 0.5) is 0 Å². The van der Waals surface area contributed by atoms with E-state index in [0.717, 1.165) is 5.52 Å². The van der Waals surface area contributed by atoms with Gasteiger partial charge in [-0.05, 0) is 57.6 Å². The highest BCUT2D eigenvalue weighted by atomic mass is 16.6. The quantitative estimate of drug-likeness (QED) is 0.151. The lowest BCUT2D eigenvalue weighted by Crippen LogP contribution is -2.56. The molecule has 0 unspecified atom stereocenters. The maximum Gasteiger partial charge on any atom is 0.312 e. The number of para-hydroxylation sites is 1. The third-order valence-corrected chi connectivity index (χ3v) is 9.23. The molecular weight excluding hydrogens is 592 g/mol. The molecule has 4 heterocycles. The fourth-order valence-electron chi connectivity index (χ4n) is 7.14. The van der Waals surface area contributed by atoms with E-state index in [2.05, 4.69) is 28.8 Å². The predicted molar refractivity (Wildman–Crippen MR) is 168 cm³/mol. The van der Waals surface area contributed by atoms with Crippen molar-refractivity contribution in [3.63, 3.8) is 0 Å². The molecule has 2 aromatic rings. The average molecular weight is 637 g/mol. The summed E-state index contributed by atoms with van der Waals surface area (Å²) in [5.74, 6) is -3.10. The van der Waals surface area contributed by atoms with Crippen LogP contribution in [0.25, 0.3) is 11.0 Å². The van der Waals surface area contributed by atoms with E-state index in [4.69, 9.17) is 9.47 Å². The predicted octanol–water partition coefficient (Wildman–Crippen LogP) is 1.95. The summed E-state index contributed by atoms with van der Waals surface area (Å²) < 4.78 is 13.9. The zero-order chi connectivity index (χ0) is 32.8. The Hall–Kier alpha value is -4.10. The molecule has 0 aliphatic carbocycles. The Morgan fingerprint density at radius 3 is 2.80 bits per heavy atom. The second-order valence-corrected chi connectivity index (χ2v) is 12.3. The van der Waals surface area contributed by atoms with Crippen molar-refractivity contribution in [2.75, 3.05) is 26.2 Å². The lowest BCUT2D eigenvalue weighted by Gasteiger charge is -2.36. The first-order valence-corrected chi connectivity index (χ1v) is 16.1. The van der Waals surface area contributed by atoms with Gasteiger partial charge in [-0.2, -0.15) is 0 Å². The highest BCUT2D eigenvalue weighted by Crippen LogP contribution is 2.59. The molecule has 13 heteroatoms. The van der Waals surface area contributed by atoms with E-state index in [1.165, 1.54) is 0 Å². The van der Waals surface area contributed by atoms with Crippen molar-refractivity contribution in [1.29, 1.82) is 0 Å². The highest BCUT2D eigenvalue weighted by molar-refractivity contribution is 5.98. The summed E-state index contributed by atoms with van der Waals surface area (Å²) in [6.45, 7) is 9.89. The van der Waals surface area contributed by atoms with Gasteiger partial charge in [0.2, 0.25) is 17.7 Å². The Kier molecular flexibility index (Phi) is 10.5. The zero-order valence-corrected chi connectivity index (χ0v) is 26.4. The van der Waals surface area contributed by atoms with E-state index in [1.807, 2.05) is 24.3 Å². The van der Waals surface area contributed by atoms with Crippen LogP contribution in [0.5, 0.6) is 0 Å². The maximum absolute atomic E-state index is 14.6. The number of aromatic nitrogens is 3. The first kappa shape index (κ1) is 33.3. The molecule has 3 saturated heterocycles. The molecule has 3 fully saturated rings. The molecule has 5 rings (SSSR count). The number of allylic oxidation sites excluding steroid dienone is 1. The normalized spacial score (nSPS) is 25.3. The summed E-state index contributed by atoms with van der Waals surface area (Å²) in [7, 11) is 0. The van der Waals surface area contributed by atoms with Gasteiger partial charge < -0.3 is 29.7 Å². The van der Waals surface area contributed by atoms with E-state index in [1.54, 1.807) is 33.6 Å². The fraction of sp³-hybridized carbons (Fsp3) is 0.576. The molecule has 6 atom stereocenters. The third-order valence-electron chi connectivity index (χ3n) is 9.23. The Balaban J connectivity index is 1.39. The maximum atomic E-state index is 14.6. The monoisotopic (exact) mass is 636 g/mol. The minimum Gasteiger partial charge on any atom is -0.460 e. The topological polar surface area (TPSA) is 156 Å². The number of esters is 1. The van der Waals surface area contributed by atoms with E-state index in [9.17, 15) is 24.3 Å². The van der Waals surface area contributed by atoms with E-state index >= 15 is 0 Å². The molecular formula is C33H44N6O7. The molecule has 3 amide bonds. The number of likely N-dealkylation sites (tertiary alicyclic amines) is 1. The van der Waals surface area contributed by atoms with Crippen molar-refractivity contribution in [2.45, 2.75) is 82.4 Å². The van der Waals surface area contributed by atoms with Crippen molar-refractivity contribution in [2.24, 2.45) is 11.8 Å². The number of carbonyl (C=O) groups excluding carboxylic acids is 4. The number of hydrogen-bond acceptors (Lipinski definition) is 9. The molecule has 1 spiro atoms. The van der Waals surface area contributed by atoms with Gasteiger partial charge in [0, 0.05) is 26.1 Å². The zero-order valence-electron chi connectivity index (χ0n) is 26.4. The fourth-order valence-corrected chi connectivity index (χ4v) is 7.14. The summed E-state index contributed by atoms with van der Waals surface area (Å²) >= 11 is 0. The number of aliphatic hydroxyl groups excluding tert-OH is 1. The van der Waals surface area contributed by atoms with Gasteiger partial charge in [-0.1, -0.05) is 29.5 Å². The van der Waals surface area contributed by atoms with Crippen molar-refractivity contribution in [3.8, 4) is 0 Å². The first-order valence-electron chi connectivity index (χ1n) is 16.1. The molecule has 46 heavy (non-hydrogen) atoms. The Morgan fingerprint density at radius 1 is 1.24 bits per heavy atom. The molecule has 2 N–H and O–H groups in total.